The average molecular weight is 213 g/mol. The highest BCUT2D eigenvalue weighted by atomic mass is 14.9. The van der Waals surface area contributed by atoms with Gasteiger partial charge in [0.15, 0.2) is 0 Å². The summed E-state index contributed by atoms with van der Waals surface area (Å²) in [4.78, 5) is 8.11. The van der Waals surface area contributed by atoms with Crippen molar-refractivity contribution in [3.05, 3.63) is 59.7 Å². The zero-order valence-electron chi connectivity index (χ0n) is 9.35. The second-order valence-corrected chi connectivity index (χ2v) is 3.76. The highest BCUT2D eigenvalue weighted by Crippen LogP contribution is 2.04. The molecule has 3 heteroatoms. The van der Waals surface area contributed by atoms with Gasteiger partial charge in [0, 0.05) is 37.9 Å². The molecule has 0 aliphatic rings. The van der Waals surface area contributed by atoms with Gasteiger partial charge in [0.2, 0.25) is 0 Å². The van der Waals surface area contributed by atoms with Gasteiger partial charge in [-0.2, -0.15) is 0 Å². The van der Waals surface area contributed by atoms with E-state index in [1.807, 2.05) is 43.0 Å². The third-order valence-corrected chi connectivity index (χ3v) is 2.54. The predicted octanol–water partition coefficient (Wildman–Crippen LogP) is 2.07. The minimum Gasteiger partial charge on any atom is -0.309 e. The van der Waals surface area contributed by atoms with E-state index in [-0.39, 0.29) is 0 Å². The first kappa shape index (κ1) is 10.8. The molecule has 2 aromatic rings. The first-order valence-electron chi connectivity index (χ1n) is 5.35. The maximum atomic E-state index is 4.12. The smallest absolute Gasteiger partial charge is 0.0315 e. The summed E-state index contributed by atoms with van der Waals surface area (Å²) in [6.07, 6.45) is 7.36. The van der Waals surface area contributed by atoms with Crippen molar-refractivity contribution in [1.29, 1.82) is 0 Å². The van der Waals surface area contributed by atoms with Crippen LogP contribution in [0, 0.1) is 6.92 Å². The summed E-state index contributed by atoms with van der Waals surface area (Å²) in [5.74, 6) is 0. The Morgan fingerprint density at radius 3 is 2.50 bits per heavy atom. The standard InChI is InChI=1S/C13H15N3/c1-11-2-5-15-9-13(11)10-16-8-12-3-6-14-7-4-12/h2-7,9,16H,8,10H2,1H3. The van der Waals surface area contributed by atoms with Crippen molar-refractivity contribution in [2.75, 3.05) is 0 Å². The van der Waals surface area contributed by atoms with Gasteiger partial charge in [0.25, 0.3) is 0 Å². The van der Waals surface area contributed by atoms with Crippen molar-refractivity contribution in [2.24, 2.45) is 0 Å². The van der Waals surface area contributed by atoms with Gasteiger partial charge in [-0.05, 0) is 41.8 Å². The molecule has 0 bridgehead atoms. The average Bonchev–Trinajstić information content (AvgIpc) is 2.33. The third-order valence-electron chi connectivity index (χ3n) is 2.54. The molecule has 82 valence electrons. The lowest BCUT2D eigenvalue weighted by molar-refractivity contribution is 0.688. The molecule has 0 fully saturated rings. The number of hydrogen-bond donors (Lipinski definition) is 1. The van der Waals surface area contributed by atoms with Gasteiger partial charge in [-0.15, -0.1) is 0 Å². The molecule has 3 nitrogen and oxygen atoms in total. The van der Waals surface area contributed by atoms with Crippen molar-refractivity contribution in [2.45, 2.75) is 20.0 Å². The molecule has 2 rings (SSSR count). The molecule has 0 aliphatic carbocycles. The van der Waals surface area contributed by atoms with E-state index in [4.69, 9.17) is 0 Å². The Labute approximate surface area is 95.6 Å². The molecular weight excluding hydrogens is 198 g/mol. The largest absolute Gasteiger partial charge is 0.309 e. The molecule has 0 unspecified atom stereocenters. The lowest BCUT2D eigenvalue weighted by atomic mass is 10.1. The van der Waals surface area contributed by atoms with Crippen LogP contribution in [0.25, 0.3) is 0 Å². The van der Waals surface area contributed by atoms with Gasteiger partial charge in [-0.25, -0.2) is 0 Å². The normalized spacial score (nSPS) is 10.3. The molecule has 16 heavy (non-hydrogen) atoms. The Hall–Kier alpha value is -1.74. The van der Waals surface area contributed by atoms with Crippen molar-refractivity contribution in [3.8, 4) is 0 Å². The van der Waals surface area contributed by atoms with Gasteiger partial charge in [0.05, 0.1) is 0 Å². The van der Waals surface area contributed by atoms with Crippen LogP contribution in [0.2, 0.25) is 0 Å². The molecule has 0 atom stereocenters. The number of aryl methyl sites for hydroxylation is 1. The van der Waals surface area contributed by atoms with Crippen LogP contribution < -0.4 is 5.32 Å². The Kier molecular flexibility index (Phi) is 3.62. The van der Waals surface area contributed by atoms with Crippen molar-refractivity contribution >= 4 is 0 Å². The number of rotatable bonds is 4. The summed E-state index contributed by atoms with van der Waals surface area (Å²) >= 11 is 0. The topological polar surface area (TPSA) is 37.8 Å². The number of hydrogen-bond acceptors (Lipinski definition) is 3. The van der Waals surface area contributed by atoms with Gasteiger partial charge < -0.3 is 5.32 Å². The van der Waals surface area contributed by atoms with E-state index in [1.165, 1.54) is 16.7 Å². The Balaban J connectivity index is 1.87. The first-order chi connectivity index (χ1) is 7.86. The SMILES string of the molecule is Cc1ccncc1CNCc1ccncc1. The van der Waals surface area contributed by atoms with Gasteiger partial charge in [-0.3, -0.25) is 9.97 Å². The Bertz CT molecular complexity index is 440. The molecule has 0 saturated heterocycles. The molecule has 0 amide bonds. The van der Waals surface area contributed by atoms with Gasteiger partial charge >= 0.3 is 0 Å². The van der Waals surface area contributed by atoms with Crippen molar-refractivity contribution in [1.82, 2.24) is 15.3 Å². The highest BCUT2D eigenvalue weighted by Gasteiger charge is 1.97. The maximum Gasteiger partial charge on any atom is 0.0315 e. The van der Waals surface area contributed by atoms with Crippen LogP contribution in [0.1, 0.15) is 16.7 Å². The molecule has 0 spiro atoms. The van der Waals surface area contributed by atoms with Crippen LogP contribution in [0.15, 0.2) is 43.0 Å². The molecule has 0 radical (unpaired) electrons. The molecule has 2 heterocycles. The summed E-state index contributed by atoms with van der Waals surface area (Å²) in [5.41, 5.74) is 3.77. The van der Waals surface area contributed by atoms with Crippen LogP contribution in [-0.2, 0) is 13.1 Å². The summed E-state index contributed by atoms with van der Waals surface area (Å²) in [5, 5.41) is 3.39. The van der Waals surface area contributed by atoms with Crippen LogP contribution >= 0.6 is 0 Å². The number of pyridine rings is 2. The van der Waals surface area contributed by atoms with Crippen molar-refractivity contribution < 1.29 is 0 Å². The molecular formula is C13H15N3. The van der Waals surface area contributed by atoms with Crippen LogP contribution in [0.4, 0.5) is 0 Å². The number of nitrogens with one attached hydrogen (secondary N) is 1. The van der Waals surface area contributed by atoms with E-state index in [1.54, 1.807) is 0 Å². The molecule has 0 aromatic carbocycles. The molecule has 0 aliphatic heterocycles. The van der Waals surface area contributed by atoms with E-state index in [0.29, 0.717) is 0 Å². The van der Waals surface area contributed by atoms with E-state index >= 15 is 0 Å². The fourth-order valence-corrected chi connectivity index (χ4v) is 1.52. The van der Waals surface area contributed by atoms with E-state index in [0.717, 1.165) is 13.1 Å². The fraction of sp³-hybridized carbons (Fsp3) is 0.231. The second kappa shape index (κ2) is 5.37. The molecule has 2 aromatic heterocycles. The number of aromatic nitrogens is 2. The zero-order chi connectivity index (χ0) is 11.2. The summed E-state index contributed by atoms with van der Waals surface area (Å²) < 4.78 is 0. The second-order valence-electron chi connectivity index (χ2n) is 3.76. The molecule has 0 saturated carbocycles. The summed E-state index contributed by atoms with van der Waals surface area (Å²) in [6.45, 7) is 3.81. The van der Waals surface area contributed by atoms with Crippen LogP contribution in [-0.4, -0.2) is 9.97 Å². The Morgan fingerprint density at radius 2 is 1.75 bits per heavy atom. The fourth-order valence-electron chi connectivity index (χ4n) is 1.52. The lowest BCUT2D eigenvalue weighted by Crippen LogP contribution is -2.13. The quantitative estimate of drug-likeness (QED) is 0.845. The lowest BCUT2D eigenvalue weighted by Gasteiger charge is -2.06. The minimum atomic E-state index is 0.849. The monoisotopic (exact) mass is 213 g/mol. The van der Waals surface area contributed by atoms with E-state index in [2.05, 4.69) is 22.2 Å². The third kappa shape index (κ3) is 2.87. The summed E-state index contributed by atoms with van der Waals surface area (Å²) in [7, 11) is 0. The Morgan fingerprint density at radius 1 is 1.00 bits per heavy atom. The van der Waals surface area contributed by atoms with Gasteiger partial charge in [-0.1, -0.05) is 0 Å². The minimum absolute atomic E-state index is 0.849. The summed E-state index contributed by atoms with van der Waals surface area (Å²) in [6, 6.07) is 6.07. The first-order valence-corrected chi connectivity index (χ1v) is 5.35. The van der Waals surface area contributed by atoms with E-state index < -0.39 is 0 Å². The molecule has 1 N–H and O–H groups in total. The zero-order valence-corrected chi connectivity index (χ0v) is 9.35. The van der Waals surface area contributed by atoms with Gasteiger partial charge in [0.1, 0.15) is 0 Å². The maximum absolute atomic E-state index is 4.12. The highest BCUT2D eigenvalue weighted by molar-refractivity contribution is 5.21. The van der Waals surface area contributed by atoms with Crippen LogP contribution in [0.5, 0.6) is 0 Å². The predicted molar refractivity (Wildman–Crippen MR) is 63.8 cm³/mol. The van der Waals surface area contributed by atoms with Crippen molar-refractivity contribution in [3.63, 3.8) is 0 Å². The van der Waals surface area contributed by atoms with E-state index in [9.17, 15) is 0 Å². The van der Waals surface area contributed by atoms with Crippen LogP contribution in [0.3, 0.4) is 0 Å². The number of nitrogens with zero attached hydrogens (tertiary/aromatic N) is 2.